The predicted molar refractivity (Wildman–Crippen MR) is 79.3 cm³/mol. The third kappa shape index (κ3) is 2.23. The molecule has 0 saturated carbocycles. The number of sulfone groups is 1. The molecule has 1 fully saturated rings. The molecule has 5 nitrogen and oxygen atoms in total. The summed E-state index contributed by atoms with van der Waals surface area (Å²) in [5, 5.41) is 0. The second-order valence-corrected chi connectivity index (χ2v) is 7.57. The summed E-state index contributed by atoms with van der Waals surface area (Å²) >= 11 is 0. The number of imidazole rings is 1. The summed E-state index contributed by atoms with van der Waals surface area (Å²) < 4.78 is 25.5. The summed E-state index contributed by atoms with van der Waals surface area (Å²) in [5.41, 5.74) is 8.68. The fourth-order valence-electron chi connectivity index (χ4n) is 2.96. The standard InChI is InChI=1S/C14H19N3O2S/c1-2-17-13-4-3-10(8-15)7-12(13)16-14(17)11-5-6-20(18,19)9-11/h3-4,7,11H,2,5-6,8-9,15H2,1H3. The number of nitrogens with two attached hydrogens (primary N) is 1. The summed E-state index contributed by atoms with van der Waals surface area (Å²) in [5.74, 6) is 1.42. The van der Waals surface area contributed by atoms with Crippen LogP contribution in [0.2, 0.25) is 0 Å². The molecule has 0 bridgehead atoms. The number of hydrogen-bond acceptors (Lipinski definition) is 4. The molecule has 1 aliphatic rings. The van der Waals surface area contributed by atoms with Gasteiger partial charge < -0.3 is 10.3 Å². The number of nitrogens with zero attached hydrogens (tertiary/aromatic N) is 2. The van der Waals surface area contributed by atoms with Crippen molar-refractivity contribution in [1.29, 1.82) is 0 Å². The van der Waals surface area contributed by atoms with Gasteiger partial charge in [0.25, 0.3) is 0 Å². The van der Waals surface area contributed by atoms with Crippen molar-refractivity contribution in [3.05, 3.63) is 29.6 Å². The molecule has 1 unspecified atom stereocenters. The van der Waals surface area contributed by atoms with Crippen molar-refractivity contribution in [1.82, 2.24) is 9.55 Å². The second-order valence-electron chi connectivity index (χ2n) is 5.34. The minimum Gasteiger partial charge on any atom is -0.328 e. The number of aromatic nitrogens is 2. The summed E-state index contributed by atoms with van der Waals surface area (Å²) in [4.78, 5) is 4.68. The van der Waals surface area contributed by atoms with Gasteiger partial charge in [-0.05, 0) is 31.0 Å². The SMILES string of the molecule is CCn1c(C2CCS(=O)(=O)C2)nc2cc(CN)ccc21. The first kappa shape index (κ1) is 13.6. The van der Waals surface area contributed by atoms with Gasteiger partial charge in [-0.2, -0.15) is 0 Å². The highest BCUT2D eigenvalue weighted by atomic mass is 32.2. The highest BCUT2D eigenvalue weighted by Crippen LogP contribution is 2.31. The Morgan fingerprint density at radius 2 is 2.25 bits per heavy atom. The van der Waals surface area contributed by atoms with Crippen LogP contribution in [-0.2, 0) is 22.9 Å². The van der Waals surface area contributed by atoms with Gasteiger partial charge in [-0.3, -0.25) is 0 Å². The number of aryl methyl sites for hydroxylation is 1. The fourth-order valence-corrected chi connectivity index (χ4v) is 4.70. The maximum atomic E-state index is 11.7. The highest BCUT2D eigenvalue weighted by molar-refractivity contribution is 7.91. The van der Waals surface area contributed by atoms with Gasteiger partial charge in [0.15, 0.2) is 9.84 Å². The molecule has 1 aliphatic heterocycles. The van der Waals surface area contributed by atoms with E-state index in [0.29, 0.717) is 13.0 Å². The molecule has 3 rings (SSSR count). The third-order valence-electron chi connectivity index (χ3n) is 3.99. The monoisotopic (exact) mass is 293 g/mol. The molecule has 0 radical (unpaired) electrons. The maximum absolute atomic E-state index is 11.7. The van der Waals surface area contributed by atoms with Crippen LogP contribution in [0.3, 0.4) is 0 Å². The number of benzene rings is 1. The molecule has 1 aromatic heterocycles. The predicted octanol–water partition coefficient (Wildman–Crippen LogP) is 1.42. The minimum atomic E-state index is -2.89. The number of fused-ring (bicyclic) bond motifs is 1. The van der Waals surface area contributed by atoms with Gasteiger partial charge >= 0.3 is 0 Å². The van der Waals surface area contributed by atoms with E-state index in [9.17, 15) is 8.42 Å². The Bertz CT molecular complexity index is 749. The summed E-state index contributed by atoms with van der Waals surface area (Å²) in [7, 11) is -2.89. The van der Waals surface area contributed by atoms with Crippen LogP contribution in [0.25, 0.3) is 11.0 Å². The molecule has 2 aromatic rings. The lowest BCUT2D eigenvalue weighted by molar-refractivity contribution is 0.599. The van der Waals surface area contributed by atoms with Gasteiger partial charge in [0, 0.05) is 19.0 Å². The van der Waals surface area contributed by atoms with E-state index in [1.54, 1.807) is 0 Å². The van der Waals surface area contributed by atoms with Crippen LogP contribution in [0, 0.1) is 0 Å². The van der Waals surface area contributed by atoms with E-state index < -0.39 is 9.84 Å². The fraction of sp³-hybridized carbons (Fsp3) is 0.500. The van der Waals surface area contributed by atoms with Gasteiger partial charge in [0.2, 0.25) is 0 Å². The molecule has 20 heavy (non-hydrogen) atoms. The van der Waals surface area contributed by atoms with Crippen LogP contribution < -0.4 is 5.73 Å². The van der Waals surface area contributed by atoms with Crippen LogP contribution in [-0.4, -0.2) is 29.5 Å². The van der Waals surface area contributed by atoms with Crippen molar-refractivity contribution in [2.24, 2.45) is 5.73 Å². The highest BCUT2D eigenvalue weighted by Gasteiger charge is 2.32. The van der Waals surface area contributed by atoms with E-state index in [1.165, 1.54) is 0 Å². The summed E-state index contributed by atoms with van der Waals surface area (Å²) in [6.45, 7) is 3.34. The van der Waals surface area contributed by atoms with Crippen molar-refractivity contribution in [2.45, 2.75) is 32.4 Å². The zero-order chi connectivity index (χ0) is 14.3. The smallest absolute Gasteiger partial charge is 0.151 e. The van der Waals surface area contributed by atoms with Gasteiger partial charge in [-0.15, -0.1) is 0 Å². The maximum Gasteiger partial charge on any atom is 0.151 e. The van der Waals surface area contributed by atoms with Crippen LogP contribution in [0.1, 0.15) is 30.7 Å². The molecule has 108 valence electrons. The van der Waals surface area contributed by atoms with Crippen molar-refractivity contribution in [3.8, 4) is 0 Å². The van der Waals surface area contributed by atoms with Crippen LogP contribution in [0.15, 0.2) is 18.2 Å². The molecule has 1 saturated heterocycles. The molecule has 0 amide bonds. The first-order valence-electron chi connectivity index (χ1n) is 6.93. The average molecular weight is 293 g/mol. The van der Waals surface area contributed by atoms with Gasteiger partial charge in [-0.1, -0.05) is 6.07 Å². The van der Waals surface area contributed by atoms with E-state index >= 15 is 0 Å². The number of rotatable bonds is 3. The van der Waals surface area contributed by atoms with E-state index in [-0.39, 0.29) is 17.4 Å². The largest absolute Gasteiger partial charge is 0.328 e. The van der Waals surface area contributed by atoms with E-state index in [2.05, 4.69) is 16.5 Å². The Balaban J connectivity index is 2.11. The van der Waals surface area contributed by atoms with E-state index in [1.807, 2.05) is 18.2 Å². The first-order valence-corrected chi connectivity index (χ1v) is 8.75. The molecule has 2 N–H and O–H groups in total. The molecular formula is C14H19N3O2S. The molecular weight excluding hydrogens is 274 g/mol. The lowest BCUT2D eigenvalue weighted by atomic mass is 10.1. The molecule has 1 aromatic carbocycles. The lowest BCUT2D eigenvalue weighted by Crippen LogP contribution is -2.10. The Morgan fingerprint density at radius 3 is 2.85 bits per heavy atom. The van der Waals surface area contributed by atoms with Crippen LogP contribution in [0.4, 0.5) is 0 Å². The van der Waals surface area contributed by atoms with E-state index in [0.717, 1.165) is 29.0 Å². The zero-order valence-corrected chi connectivity index (χ0v) is 12.4. The summed E-state index contributed by atoms with van der Waals surface area (Å²) in [6, 6.07) is 6.03. The van der Waals surface area contributed by atoms with Gasteiger partial charge in [0.05, 0.1) is 22.5 Å². The molecule has 0 spiro atoms. The van der Waals surface area contributed by atoms with E-state index in [4.69, 9.17) is 5.73 Å². The van der Waals surface area contributed by atoms with Gasteiger partial charge in [0.1, 0.15) is 5.82 Å². The normalized spacial score (nSPS) is 21.6. The lowest BCUT2D eigenvalue weighted by Gasteiger charge is -2.10. The van der Waals surface area contributed by atoms with Crippen molar-refractivity contribution in [3.63, 3.8) is 0 Å². The molecule has 0 aliphatic carbocycles. The molecule has 6 heteroatoms. The Kier molecular flexibility index (Phi) is 3.30. The van der Waals surface area contributed by atoms with Crippen molar-refractivity contribution >= 4 is 20.9 Å². The molecule has 2 heterocycles. The van der Waals surface area contributed by atoms with Crippen LogP contribution >= 0.6 is 0 Å². The topological polar surface area (TPSA) is 78.0 Å². The Hall–Kier alpha value is -1.40. The summed E-state index contributed by atoms with van der Waals surface area (Å²) in [6.07, 6.45) is 0.676. The molecule has 1 atom stereocenters. The third-order valence-corrected chi connectivity index (χ3v) is 5.76. The quantitative estimate of drug-likeness (QED) is 0.928. The second kappa shape index (κ2) is 4.86. The Labute approximate surface area is 118 Å². The Morgan fingerprint density at radius 1 is 1.45 bits per heavy atom. The van der Waals surface area contributed by atoms with Crippen LogP contribution in [0.5, 0.6) is 0 Å². The zero-order valence-electron chi connectivity index (χ0n) is 11.5. The number of hydrogen-bond donors (Lipinski definition) is 1. The van der Waals surface area contributed by atoms with Crippen molar-refractivity contribution in [2.75, 3.05) is 11.5 Å². The minimum absolute atomic E-state index is 0.0219. The van der Waals surface area contributed by atoms with Gasteiger partial charge in [-0.25, -0.2) is 13.4 Å². The first-order chi connectivity index (χ1) is 9.54. The average Bonchev–Trinajstić information content (AvgIpc) is 2.97. The van der Waals surface area contributed by atoms with Crippen molar-refractivity contribution < 1.29 is 8.42 Å².